The number of nitrogens with zero attached hydrogens (tertiary/aromatic N) is 2. The maximum Gasteiger partial charge on any atom is 0.222 e. The van der Waals surface area contributed by atoms with Gasteiger partial charge in [-0.2, -0.15) is 0 Å². The van der Waals surface area contributed by atoms with Gasteiger partial charge in [-0.15, -0.1) is 0 Å². The summed E-state index contributed by atoms with van der Waals surface area (Å²) in [6.07, 6.45) is 5.46. The van der Waals surface area contributed by atoms with Crippen LogP contribution in [0.5, 0.6) is 0 Å². The summed E-state index contributed by atoms with van der Waals surface area (Å²) in [7, 11) is 0. The van der Waals surface area contributed by atoms with E-state index >= 15 is 0 Å². The third-order valence-corrected chi connectivity index (χ3v) is 2.50. The van der Waals surface area contributed by atoms with Crippen LogP contribution in [0.15, 0.2) is 16.9 Å². The van der Waals surface area contributed by atoms with Crippen molar-refractivity contribution in [3.63, 3.8) is 0 Å². The van der Waals surface area contributed by atoms with Crippen LogP contribution in [0.3, 0.4) is 0 Å². The number of halogens is 1. The summed E-state index contributed by atoms with van der Waals surface area (Å²) >= 11 is 3.28. The molecule has 4 nitrogen and oxygen atoms in total. The molecule has 5 heteroatoms. The summed E-state index contributed by atoms with van der Waals surface area (Å²) in [5, 5.41) is 12.0. The summed E-state index contributed by atoms with van der Waals surface area (Å²) in [4.78, 5) is 8.19. The van der Waals surface area contributed by atoms with Gasteiger partial charge in [0.1, 0.15) is 0 Å². The van der Waals surface area contributed by atoms with Crippen molar-refractivity contribution in [1.82, 2.24) is 9.97 Å². The van der Waals surface area contributed by atoms with Crippen molar-refractivity contribution in [3.8, 4) is 0 Å². The molecule has 1 heterocycles. The molecule has 1 unspecified atom stereocenters. The highest BCUT2D eigenvalue weighted by molar-refractivity contribution is 9.10. The summed E-state index contributed by atoms with van der Waals surface area (Å²) in [5.41, 5.74) is 0. The Bertz CT molecular complexity index is 279. The molecule has 0 saturated carbocycles. The standard InChI is InChI=1S/C10H16BrN3O/c1-8(7-15)3-2-4-12-10-13-5-9(11)6-14-10/h5-6,8,15H,2-4,7H2,1H3,(H,12,13,14). The summed E-state index contributed by atoms with van der Waals surface area (Å²) in [6, 6.07) is 0. The molecule has 0 aliphatic carbocycles. The van der Waals surface area contributed by atoms with Gasteiger partial charge in [0.05, 0.1) is 4.47 Å². The van der Waals surface area contributed by atoms with Crippen LogP contribution < -0.4 is 5.32 Å². The molecule has 0 fully saturated rings. The van der Waals surface area contributed by atoms with Crippen LogP contribution in [0.4, 0.5) is 5.95 Å². The molecular weight excluding hydrogens is 258 g/mol. The molecule has 1 rings (SSSR count). The molecule has 0 spiro atoms. The smallest absolute Gasteiger partial charge is 0.222 e. The third kappa shape index (κ3) is 5.09. The second-order valence-electron chi connectivity index (χ2n) is 3.58. The van der Waals surface area contributed by atoms with E-state index in [-0.39, 0.29) is 6.61 Å². The molecular formula is C10H16BrN3O. The predicted molar refractivity (Wildman–Crippen MR) is 63.7 cm³/mol. The van der Waals surface area contributed by atoms with Crippen molar-refractivity contribution >= 4 is 21.9 Å². The van der Waals surface area contributed by atoms with E-state index < -0.39 is 0 Å². The topological polar surface area (TPSA) is 58.0 Å². The average Bonchev–Trinajstić information content (AvgIpc) is 2.26. The molecule has 2 N–H and O–H groups in total. The second-order valence-corrected chi connectivity index (χ2v) is 4.50. The molecule has 84 valence electrons. The van der Waals surface area contributed by atoms with Crippen molar-refractivity contribution in [2.75, 3.05) is 18.5 Å². The fourth-order valence-corrected chi connectivity index (χ4v) is 1.35. The van der Waals surface area contributed by atoms with Crippen LogP contribution in [-0.2, 0) is 0 Å². The van der Waals surface area contributed by atoms with Gasteiger partial charge in [-0.25, -0.2) is 9.97 Å². The molecule has 1 aromatic rings. The van der Waals surface area contributed by atoms with Gasteiger partial charge in [-0.1, -0.05) is 6.92 Å². The van der Waals surface area contributed by atoms with Crippen molar-refractivity contribution in [3.05, 3.63) is 16.9 Å². The first-order chi connectivity index (χ1) is 7.22. The Morgan fingerprint density at radius 1 is 1.47 bits per heavy atom. The zero-order valence-corrected chi connectivity index (χ0v) is 10.4. The van der Waals surface area contributed by atoms with Gasteiger partial charge >= 0.3 is 0 Å². The SMILES string of the molecule is CC(CO)CCCNc1ncc(Br)cn1. The first-order valence-corrected chi connectivity index (χ1v) is 5.84. The van der Waals surface area contributed by atoms with Crippen LogP contribution in [-0.4, -0.2) is 28.2 Å². The van der Waals surface area contributed by atoms with Gasteiger partial charge in [0.25, 0.3) is 0 Å². The fraction of sp³-hybridized carbons (Fsp3) is 0.600. The van der Waals surface area contributed by atoms with Crippen molar-refractivity contribution in [1.29, 1.82) is 0 Å². The van der Waals surface area contributed by atoms with Crippen LogP contribution in [0.1, 0.15) is 19.8 Å². The summed E-state index contributed by atoms with van der Waals surface area (Å²) in [5.74, 6) is 1.02. The van der Waals surface area contributed by atoms with E-state index in [9.17, 15) is 0 Å². The fourth-order valence-electron chi connectivity index (χ4n) is 1.15. The number of anilines is 1. The number of nitrogens with one attached hydrogen (secondary N) is 1. The Balaban J connectivity index is 2.17. The number of aliphatic hydroxyl groups is 1. The van der Waals surface area contributed by atoms with Crippen LogP contribution >= 0.6 is 15.9 Å². The number of aliphatic hydroxyl groups excluding tert-OH is 1. The molecule has 0 bridgehead atoms. The Labute approximate surface area is 98.3 Å². The Morgan fingerprint density at radius 2 is 2.13 bits per heavy atom. The predicted octanol–water partition coefficient (Wildman–Crippen LogP) is 2.06. The zero-order valence-electron chi connectivity index (χ0n) is 8.78. The minimum atomic E-state index is 0.259. The van der Waals surface area contributed by atoms with Crippen molar-refractivity contribution in [2.45, 2.75) is 19.8 Å². The number of aromatic nitrogens is 2. The monoisotopic (exact) mass is 273 g/mol. The van der Waals surface area contributed by atoms with Gasteiger partial charge < -0.3 is 10.4 Å². The molecule has 0 saturated heterocycles. The lowest BCUT2D eigenvalue weighted by Crippen LogP contribution is -2.08. The van der Waals surface area contributed by atoms with E-state index in [2.05, 4.69) is 31.2 Å². The molecule has 1 atom stereocenters. The molecule has 1 aromatic heterocycles. The highest BCUT2D eigenvalue weighted by Gasteiger charge is 1.99. The quantitative estimate of drug-likeness (QED) is 0.779. The van der Waals surface area contributed by atoms with E-state index in [1.165, 1.54) is 0 Å². The molecule has 0 aliphatic rings. The van der Waals surface area contributed by atoms with E-state index in [1.54, 1.807) is 12.4 Å². The molecule has 0 radical (unpaired) electrons. The van der Waals surface area contributed by atoms with Gasteiger partial charge in [0.15, 0.2) is 0 Å². The lowest BCUT2D eigenvalue weighted by Gasteiger charge is -2.07. The Morgan fingerprint density at radius 3 is 2.73 bits per heavy atom. The Hall–Kier alpha value is -0.680. The highest BCUT2D eigenvalue weighted by atomic mass is 79.9. The molecule has 0 aromatic carbocycles. The summed E-state index contributed by atoms with van der Waals surface area (Å²) < 4.78 is 0.877. The first kappa shape index (κ1) is 12.4. The van der Waals surface area contributed by atoms with Gasteiger partial charge in [-0.3, -0.25) is 0 Å². The van der Waals surface area contributed by atoms with Crippen molar-refractivity contribution < 1.29 is 5.11 Å². The second kappa shape index (κ2) is 6.74. The molecule has 15 heavy (non-hydrogen) atoms. The van der Waals surface area contributed by atoms with E-state index in [0.29, 0.717) is 11.9 Å². The van der Waals surface area contributed by atoms with Crippen LogP contribution in [0.25, 0.3) is 0 Å². The van der Waals surface area contributed by atoms with E-state index in [0.717, 1.165) is 23.9 Å². The lowest BCUT2D eigenvalue weighted by molar-refractivity contribution is 0.229. The summed E-state index contributed by atoms with van der Waals surface area (Å²) in [6.45, 7) is 3.14. The average molecular weight is 274 g/mol. The molecule has 0 amide bonds. The Kier molecular flexibility index (Phi) is 5.57. The number of hydrogen-bond acceptors (Lipinski definition) is 4. The maximum absolute atomic E-state index is 8.83. The molecule has 0 aliphatic heterocycles. The number of rotatable bonds is 6. The zero-order chi connectivity index (χ0) is 11.1. The minimum Gasteiger partial charge on any atom is -0.396 e. The van der Waals surface area contributed by atoms with Crippen LogP contribution in [0.2, 0.25) is 0 Å². The van der Waals surface area contributed by atoms with Gasteiger partial charge in [-0.05, 0) is 34.7 Å². The van der Waals surface area contributed by atoms with E-state index in [1.807, 2.05) is 6.92 Å². The van der Waals surface area contributed by atoms with Crippen LogP contribution in [0, 0.1) is 5.92 Å². The normalized spacial score (nSPS) is 12.5. The highest BCUT2D eigenvalue weighted by Crippen LogP contribution is 2.08. The van der Waals surface area contributed by atoms with Crippen molar-refractivity contribution in [2.24, 2.45) is 5.92 Å². The minimum absolute atomic E-state index is 0.259. The third-order valence-electron chi connectivity index (χ3n) is 2.09. The van der Waals surface area contributed by atoms with E-state index in [4.69, 9.17) is 5.11 Å². The lowest BCUT2D eigenvalue weighted by atomic mass is 10.1. The maximum atomic E-state index is 8.83. The largest absolute Gasteiger partial charge is 0.396 e. The van der Waals surface area contributed by atoms with Gasteiger partial charge in [0.2, 0.25) is 5.95 Å². The number of hydrogen-bond donors (Lipinski definition) is 2. The first-order valence-electron chi connectivity index (χ1n) is 5.04. The van der Waals surface area contributed by atoms with Gasteiger partial charge in [0, 0.05) is 25.5 Å².